The SMILES string of the molecule is C=CCOc1ccc(/C(O)=C2/C(=O)C(=O)N(CCCN3CCOCC3)C2c2ccncc2)cc1. The topological polar surface area (TPSA) is 92.2 Å². The molecule has 2 aromatic rings. The first-order chi connectivity index (χ1) is 16.6. The molecular formula is C26H29N3O5. The van der Waals surface area contributed by atoms with Crippen LogP contribution < -0.4 is 4.74 Å². The van der Waals surface area contributed by atoms with E-state index >= 15 is 0 Å². The quantitative estimate of drug-likeness (QED) is 0.265. The summed E-state index contributed by atoms with van der Waals surface area (Å²) in [5, 5.41) is 11.1. The molecule has 0 bridgehead atoms. The standard InChI is InChI=1S/C26H29N3O5/c1-2-16-34-21-6-4-20(5-7-21)24(30)22-23(19-8-10-27-11-9-19)29(26(32)25(22)31)13-3-12-28-14-17-33-18-15-28/h2,4-11,23,30H,1,3,12-18H2/b24-22-. The predicted octanol–water partition coefficient (Wildman–Crippen LogP) is 2.79. The summed E-state index contributed by atoms with van der Waals surface area (Å²) < 4.78 is 10.9. The molecule has 2 aliphatic rings. The summed E-state index contributed by atoms with van der Waals surface area (Å²) >= 11 is 0. The fraction of sp³-hybridized carbons (Fsp3) is 0.346. The Labute approximate surface area is 199 Å². The highest BCUT2D eigenvalue weighted by atomic mass is 16.5. The Morgan fingerprint density at radius 3 is 2.50 bits per heavy atom. The number of aromatic nitrogens is 1. The van der Waals surface area contributed by atoms with Gasteiger partial charge in [-0.25, -0.2) is 0 Å². The van der Waals surface area contributed by atoms with Crippen molar-refractivity contribution in [3.8, 4) is 5.75 Å². The number of likely N-dealkylation sites (tertiary alicyclic amines) is 1. The van der Waals surface area contributed by atoms with Crippen LogP contribution in [0.2, 0.25) is 0 Å². The predicted molar refractivity (Wildman–Crippen MR) is 127 cm³/mol. The van der Waals surface area contributed by atoms with E-state index in [1.165, 1.54) is 0 Å². The van der Waals surface area contributed by atoms with Gasteiger partial charge < -0.3 is 19.5 Å². The number of ketones is 1. The minimum atomic E-state index is -0.683. The highest BCUT2D eigenvalue weighted by molar-refractivity contribution is 6.46. The average molecular weight is 464 g/mol. The van der Waals surface area contributed by atoms with E-state index in [1.54, 1.807) is 59.8 Å². The Hall–Kier alpha value is -3.49. The molecule has 2 saturated heterocycles. The monoisotopic (exact) mass is 463 g/mol. The second-order valence-corrected chi connectivity index (χ2v) is 8.20. The van der Waals surface area contributed by atoms with Gasteiger partial charge in [0.05, 0.1) is 24.8 Å². The number of hydrogen-bond donors (Lipinski definition) is 1. The fourth-order valence-electron chi connectivity index (χ4n) is 4.31. The van der Waals surface area contributed by atoms with Gasteiger partial charge in [-0.1, -0.05) is 12.7 Å². The van der Waals surface area contributed by atoms with Gasteiger partial charge in [0, 0.05) is 44.1 Å². The number of rotatable bonds is 9. The lowest BCUT2D eigenvalue weighted by atomic mass is 9.96. The van der Waals surface area contributed by atoms with Crippen molar-refractivity contribution >= 4 is 17.4 Å². The Bertz CT molecular complexity index is 1050. The molecule has 2 fully saturated rings. The zero-order chi connectivity index (χ0) is 23.9. The average Bonchev–Trinajstić information content (AvgIpc) is 3.13. The molecule has 0 radical (unpaired) electrons. The second kappa shape index (κ2) is 11.1. The van der Waals surface area contributed by atoms with Gasteiger partial charge in [-0.15, -0.1) is 0 Å². The normalized spacial score (nSPS) is 20.5. The molecule has 1 unspecified atom stereocenters. The van der Waals surface area contributed by atoms with Crippen LogP contribution in [0, 0.1) is 0 Å². The van der Waals surface area contributed by atoms with Crippen molar-refractivity contribution in [2.24, 2.45) is 0 Å². The molecule has 2 aliphatic heterocycles. The van der Waals surface area contributed by atoms with Crippen LogP contribution in [0.3, 0.4) is 0 Å². The largest absolute Gasteiger partial charge is 0.507 e. The van der Waals surface area contributed by atoms with Gasteiger partial charge in [0.15, 0.2) is 0 Å². The maximum Gasteiger partial charge on any atom is 0.295 e. The summed E-state index contributed by atoms with van der Waals surface area (Å²) in [7, 11) is 0. The molecular weight excluding hydrogens is 434 g/mol. The first-order valence-electron chi connectivity index (χ1n) is 11.4. The van der Waals surface area contributed by atoms with Crippen LogP contribution in [0.15, 0.2) is 67.0 Å². The first-order valence-corrected chi connectivity index (χ1v) is 11.4. The van der Waals surface area contributed by atoms with Crippen LogP contribution in [0.4, 0.5) is 0 Å². The molecule has 3 heterocycles. The number of pyridine rings is 1. The molecule has 178 valence electrons. The van der Waals surface area contributed by atoms with E-state index in [0.29, 0.717) is 44.1 Å². The summed E-state index contributed by atoms with van der Waals surface area (Å²) in [4.78, 5) is 34.1. The molecule has 8 heteroatoms. The lowest BCUT2D eigenvalue weighted by Gasteiger charge is -2.29. The van der Waals surface area contributed by atoms with Crippen molar-refractivity contribution in [3.05, 3.63) is 78.1 Å². The molecule has 1 aromatic carbocycles. The van der Waals surface area contributed by atoms with Gasteiger partial charge in [-0.2, -0.15) is 0 Å². The number of aliphatic hydroxyl groups excluding tert-OH is 1. The number of morpholine rings is 1. The van der Waals surface area contributed by atoms with E-state index < -0.39 is 17.7 Å². The number of hydrogen-bond acceptors (Lipinski definition) is 7. The number of amides is 1. The molecule has 34 heavy (non-hydrogen) atoms. The van der Waals surface area contributed by atoms with Crippen molar-refractivity contribution in [1.82, 2.24) is 14.8 Å². The van der Waals surface area contributed by atoms with E-state index in [4.69, 9.17) is 9.47 Å². The molecule has 0 saturated carbocycles. The van der Waals surface area contributed by atoms with Gasteiger partial charge >= 0.3 is 0 Å². The zero-order valence-corrected chi connectivity index (χ0v) is 19.1. The summed E-state index contributed by atoms with van der Waals surface area (Å²) in [6.45, 7) is 8.33. The molecule has 0 spiro atoms. The number of aliphatic hydroxyl groups is 1. The highest BCUT2D eigenvalue weighted by Crippen LogP contribution is 2.39. The van der Waals surface area contributed by atoms with Crippen LogP contribution in [0.25, 0.3) is 5.76 Å². The Kier molecular flexibility index (Phi) is 7.72. The number of carbonyl (C=O) groups is 2. The zero-order valence-electron chi connectivity index (χ0n) is 19.1. The van der Waals surface area contributed by atoms with Crippen molar-refractivity contribution in [3.63, 3.8) is 0 Å². The maximum atomic E-state index is 13.1. The third-order valence-electron chi connectivity index (χ3n) is 6.03. The molecule has 1 aromatic heterocycles. The van der Waals surface area contributed by atoms with Crippen LogP contribution >= 0.6 is 0 Å². The minimum Gasteiger partial charge on any atom is -0.507 e. The van der Waals surface area contributed by atoms with Crippen LogP contribution in [-0.4, -0.2) is 77.6 Å². The van der Waals surface area contributed by atoms with Gasteiger partial charge in [0.2, 0.25) is 0 Å². The third-order valence-corrected chi connectivity index (χ3v) is 6.03. The second-order valence-electron chi connectivity index (χ2n) is 8.20. The van der Waals surface area contributed by atoms with Gasteiger partial charge in [-0.05, 0) is 48.4 Å². The van der Waals surface area contributed by atoms with E-state index in [-0.39, 0.29) is 11.3 Å². The Morgan fingerprint density at radius 1 is 1.12 bits per heavy atom. The maximum absolute atomic E-state index is 13.1. The van der Waals surface area contributed by atoms with E-state index in [0.717, 1.165) is 25.2 Å². The Balaban J connectivity index is 1.61. The minimum absolute atomic E-state index is 0.0855. The van der Waals surface area contributed by atoms with E-state index in [2.05, 4.69) is 16.5 Å². The van der Waals surface area contributed by atoms with Gasteiger partial charge in [0.1, 0.15) is 18.1 Å². The molecule has 1 amide bonds. The van der Waals surface area contributed by atoms with Crippen molar-refractivity contribution in [2.75, 3.05) is 46.0 Å². The number of nitrogens with zero attached hydrogens (tertiary/aromatic N) is 3. The van der Waals surface area contributed by atoms with Crippen LogP contribution in [-0.2, 0) is 14.3 Å². The number of benzene rings is 1. The first kappa shape index (κ1) is 23.7. The van der Waals surface area contributed by atoms with Gasteiger partial charge in [0.25, 0.3) is 11.7 Å². The van der Waals surface area contributed by atoms with Crippen molar-refractivity contribution < 1.29 is 24.2 Å². The molecule has 4 rings (SSSR count). The lowest BCUT2D eigenvalue weighted by Crippen LogP contribution is -2.38. The molecule has 1 atom stereocenters. The van der Waals surface area contributed by atoms with Crippen LogP contribution in [0.5, 0.6) is 5.75 Å². The smallest absolute Gasteiger partial charge is 0.295 e. The molecule has 0 aliphatic carbocycles. The summed E-state index contributed by atoms with van der Waals surface area (Å²) in [5.41, 5.74) is 1.26. The number of Topliss-reactive ketones (excluding diaryl/α,β-unsaturated/α-hetero) is 1. The summed E-state index contributed by atoms with van der Waals surface area (Å²) in [6.07, 6.45) is 5.59. The Morgan fingerprint density at radius 2 is 1.82 bits per heavy atom. The van der Waals surface area contributed by atoms with E-state index in [9.17, 15) is 14.7 Å². The van der Waals surface area contributed by atoms with E-state index in [1.807, 2.05) is 0 Å². The van der Waals surface area contributed by atoms with Crippen molar-refractivity contribution in [1.29, 1.82) is 0 Å². The third kappa shape index (κ3) is 5.18. The molecule has 1 N–H and O–H groups in total. The van der Waals surface area contributed by atoms with Crippen molar-refractivity contribution in [2.45, 2.75) is 12.5 Å². The molecule has 8 nitrogen and oxygen atoms in total. The van der Waals surface area contributed by atoms with Crippen LogP contribution in [0.1, 0.15) is 23.6 Å². The lowest BCUT2D eigenvalue weighted by molar-refractivity contribution is -0.140. The number of carbonyl (C=O) groups excluding carboxylic acids is 2. The highest BCUT2D eigenvalue weighted by Gasteiger charge is 2.45. The summed E-state index contributed by atoms with van der Waals surface area (Å²) in [5.74, 6) is -0.870. The number of ether oxygens (including phenoxy) is 2. The fourth-order valence-corrected chi connectivity index (χ4v) is 4.31. The summed E-state index contributed by atoms with van der Waals surface area (Å²) in [6, 6.07) is 9.61. The van der Waals surface area contributed by atoms with Gasteiger partial charge in [-0.3, -0.25) is 19.5 Å².